The van der Waals surface area contributed by atoms with Gasteiger partial charge < -0.3 is 9.13 Å². The van der Waals surface area contributed by atoms with Gasteiger partial charge in [0.15, 0.2) is 0 Å². The van der Waals surface area contributed by atoms with Crippen LogP contribution in [0.5, 0.6) is 0 Å². The van der Waals surface area contributed by atoms with Gasteiger partial charge in [-0.25, -0.2) is 4.98 Å². The monoisotopic (exact) mass is 617 g/mol. The van der Waals surface area contributed by atoms with E-state index in [1.54, 1.807) is 0 Å². The molecule has 0 N–H and O–H groups in total. The van der Waals surface area contributed by atoms with Crippen molar-refractivity contribution in [2.45, 2.75) is 13.8 Å². The second-order valence-electron chi connectivity index (χ2n) is 11.6. The van der Waals surface area contributed by atoms with E-state index in [-0.39, 0.29) is 0 Å². The first-order valence-electron chi connectivity index (χ1n) is 16.7. The molecule has 0 aliphatic rings. The van der Waals surface area contributed by atoms with Gasteiger partial charge in [-0.2, -0.15) is 0 Å². The van der Waals surface area contributed by atoms with Crippen molar-refractivity contribution < 1.29 is 0 Å². The fraction of sp³-hybridized carbons (Fsp3) is 0.0444. The average Bonchev–Trinajstić information content (AvgIpc) is 3.69. The summed E-state index contributed by atoms with van der Waals surface area (Å²) < 4.78 is 4.83. The molecule has 3 heterocycles. The van der Waals surface area contributed by atoms with Crippen molar-refractivity contribution in [2.24, 2.45) is 0 Å². The van der Waals surface area contributed by atoms with Crippen molar-refractivity contribution >= 4 is 32.8 Å². The highest BCUT2D eigenvalue weighted by Crippen LogP contribution is 2.41. The first kappa shape index (κ1) is 29.2. The van der Waals surface area contributed by atoms with Gasteiger partial charge in [-0.3, -0.25) is 0 Å². The zero-order valence-electron chi connectivity index (χ0n) is 27.1. The van der Waals surface area contributed by atoms with Gasteiger partial charge in [0.2, 0.25) is 0 Å². The lowest BCUT2D eigenvalue weighted by molar-refractivity contribution is 1.17. The average molecular weight is 618 g/mol. The number of fused-ring (bicyclic) bond motifs is 5. The van der Waals surface area contributed by atoms with E-state index in [1.165, 1.54) is 32.8 Å². The Kier molecular flexibility index (Phi) is 7.64. The molecule has 0 unspecified atom stereocenters. The Morgan fingerprint density at radius 3 is 1.23 bits per heavy atom. The lowest BCUT2D eigenvalue weighted by Gasteiger charge is -2.12. The zero-order valence-corrected chi connectivity index (χ0v) is 27.1. The van der Waals surface area contributed by atoms with Crippen LogP contribution < -0.4 is 0 Å². The smallest absolute Gasteiger partial charge is 0.0803 e. The predicted molar refractivity (Wildman–Crippen MR) is 203 cm³/mol. The van der Waals surface area contributed by atoms with Crippen LogP contribution in [0, 0.1) is 0 Å². The maximum absolute atomic E-state index is 5.08. The van der Waals surface area contributed by atoms with Crippen LogP contribution in [0.2, 0.25) is 0 Å². The largest absolute Gasteiger partial charge is 0.307 e. The lowest BCUT2D eigenvalue weighted by Crippen LogP contribution is -1.94. The molecule has 0 aliphatic carbocycles. The fourth-order valence-electron chi connectivity index (χ4n) is 6.81. The van der Waals surface area contributed by atoms with Crippen molar-refractivity contribution in [3.05, 3.63) is 176 Å². The van der Waals surface area contributed by atoms with E-state index in [9.17, 15) is 0 Å². The summed E-state index contributed by atoms with van der Waals surface area (Å²) in [6, 6.07) is 62.4. The van der Waals surface area contributed by atoms with Gasteiger partial charge in [-0.1, -0.05) is 141 Å². The van der Waals surface area contributed by atoms with Gasteiger partial charge in [-0.05, 0) is 59.7 Å². The molecule has 0 radical (unpaired) electrons. The van der Waals surface area contributed by atoms with Crippen LogP contribution in [0.4, 0.5) is 0 Å². The van der Waals surface area contributed by atoms with E-state index in [0.717, 1.165) is 45.0 Å². The minimum absolute atomic E-state index is 0.966. The van der Waals surface area contributed by atoms with E-state index in [2.05, 4.69) is 173 Å². The summed E-state index contributed by atoms with van der Waals surface area (Å²) in [4.78, 5) is 5.08. The zero-order chi connectivity index (χ0) is 32.5. The summed E-state index contributed by atoms with van der Waals surface area (Å²) in [6.07, 6.45) is 0. The molecule has 230 valence electrons. The molecule has 9 rings (SSSR count). The summed E-state index contributed by atoms with van der Waals surface area (Å²) in [5.41, 5.74) is 13.6. The Bertz CT molecular complexity index is 2430. The summed E-state index contributed by atoms with van der Waals surface area (Å²) >= 11 is 0. The van der Waals surface area contributed by atoms with Gasteiger partial charge in [0.1, 0.15) is 0 Å². The number of nitrogens with zero attached hydrogens (tertiary/aromatic N) is 3. The second-order valence-corrected chi connectivity index (χ2v) is 11.6. The normalized spacial score (nSPS) is 11.1. The number of hydrogen-bond donors (Lipinski definition) is 0. The number of rotatable bonds is 5. The summed E-state index contributed by atoms with van der Waals surface area (Å²) in [5, 5.41) is 2.46. The number of aromatic nitrogens is 3. The van der Waals surface area contributed by atoms with Crippen molar-refractivity contribution in [3.63, 3.8) is 0 Å². The molecule has 9 aromatic rings. The van der Waals surface area contributed by atoms with E-state index in [4.69, 9.17) is 4.98 Å². The molecule has 0 aliphatic heterocycles. The van der Waals surface area contributed by atoms with Crippen LogP contribution in [0.1, 0.15) is 13.8 Å². The molecule has 0 saturated heterocycles. The third kappa shape index (κ3) is 4.97. The third-order valence-electron chi connectivity index (χ3n) is 8.91. The molecule has 0 saturated carbocycles. The van der Waals surface area contributed by atoms with Crippen molar-refractivity contribution in [2.75, 3.05) is 0 Å². The molecular formula is C45H35N3. The summed E-state index contributed by atoms with van der Waals surface area (Å²) in [6.45, 7) is 4.00. The van der Waals surface area contributed by atoms with Crippen LogP contribution in [0.15, 0.2) is 176 Å². The van der Waals surface area contributed by atoms with E-state index >= 15 is 0 Å². The quantitative estimate of drug-likeness (QED) is 0.188. The topological polar surface area (TPSA) is 22.8 Å². The number of para-hydroxylation sites is 3. The number of benzene rings is 6. The Morgan fingerprint density at radius 1 is 0.354 bits per heavy atom. The van der Waals surface area contributed by atoms with Crippen LogP contribution in [0.3, 0.4) is 0 Å². The molecule has 6 aromatic carbocycles. The fourth-order valence-corrected chi connectivity index (χ4v) is 6.81. The van der Waals surface area contributed by atoms with Crippen molar-refractivity contribution in [1.29, 1.82) is 0 Å². The van der Waals surface area contributed by atoms with Crippen molar-refractivity contribution in [3.8, 4) is 45.0 Å². The van der Waals surface area contributed by atoms with Gasteiger partial charge in [0, 0.05) is 33.3 Å². The third-order valence-corrected chi connectivity index (χ3v) is 8.91. The van der Waals surface area contributed by atoms with Crippen molar-refractivity contribution in [1.82, 2.24) is 14.1 Å². The molecule has 3 heteroatoms. The Morgan fingerprint density at radius 2 is 0.750 bits per heavy atom. The first-order valence-corrected chi connectivity index (χ1v) is 16.7. The van der Waals surface area contributed by atoms with Gasteiger partial charge in [0.25, 0.3) is 0 Å². The predicted octanol–water partition coefficient (Wildman–Crippen LogP) is 12.1. The SMILES string of the molecule is CC.c1ccc(-c2cc(-c3ccc(-n4c5ccccc5c5c4c4ccccc4n5-c4ccccc4)cc3)cc(-c3ccccc3)n2)cc1. The van der Waals surface area contributed by atoms with Crippen LogP contribution in [-0.4, -0.2) is 14.1 Å². The van der Waals surface area contributed by atoms with E-state index in [1.807, 2.05) is 26.0 Å². The molecule has 0 spiro atoms. The minimum atomic E-state index is 0.966. The van der Waals surface area contributed by atoms with Gasteiger partial charge >= 0.3 is 0 Å². The maximum Gasteiger partial charge on any atom is 0.0803 e. The molecule has 0 atom stereocenters. The molecule has 0 fully saturated rings. The minimum Gasteiger partial charge on any atom is -0.307 e. The van der Waals surface area contributed by atoms with Crippen LogP contribution in [-0.2, 0) is 0 Å². The van der Waals surface area contributed by atoms with Gasteiger partial charge in [0.05, 0.1) is 33.5 Å². The number of pyridine rings is 1. The van der Waals surface area contributed by atoms with E-state index in [0.29, 0.717) is 0 Å². The van der Waals surface area contributed by atoms with Gasteiger partial charge in [-0.15, -0.1) is 0 Å². The Balaban J connectivity index is 0.00000165. The highest BCUT2D eigenvalue weighted by Gasteiger charge is 2.21. The Hall–Kier alpha value is -6.19. The second kappa shape index (κ2) is 12.5. The molecule has 0 amide bonds. The molecule has 3 aromatic heterocycles. The van der Waals surface area contributed by atoms with E-state index < -0.39 is 0 Å². The highest BCUT2D eigenvalue weighted by atomic mass is 15.1. The first-order chi connectivity index (χ1) is 23.8. The van der Waals surface area contributed by atoms with Crippen LogP contribution >= 0.6 is 0 Å². The summed E-state index contributed by atoms with van der Waals surface area (Å²) in [5.74, 6) is 0. The van der Waals surface area contributed by atoms with Crippen LogP contribution in [0.25, 0.3) is 77.9 Å². The molecule has 0 bridgehead atoms. The molecule has 3 nitrogen and oxygen atoms in total. The standard InChI is InChI=1S/C43H29N3.C2H6/c1-4-14-31(15-5-1)38-28-33(29-39(44-38)32-16-6-2-7-17-32)30-24-26-35(27-25-30)46-41-23-13-11-21-37(41)42-43(46)36-20-10-12-22-40(36)45(42)34-18-8-3-9-19-34;1-2/h1-29H;1-2H3. The lowest BCUT2D eigenvalue weighted by atomic mass is 10.00. The highest BCUT2D eigenvalue weighted by molar-refractivity contribution is 6.19. The molecular weight excluding hydrogens is 583 g/mol. The molecule has 48 heavy (non-hydrogen) atoms. The Labute approximate surface area is 281 Å². The summed E-state index contributed by atoms with van der Waals surface area (Å²) in [7, 11) is 0. The maximum atomic E-state index is 5.08. The number of hydrogen-bond acceptors (Lipinski definition) is 1.